The molecule has 8 rings (SSSR count). The molecular formula is C44H35N7O8S2. The number of nitro benzene ring substituents is 1. The van der Waals surface area contributed by atoms with E-state index in [0.717, 1.165) is 38.0 Å². The third-order valence-electron chi connectivity index (χ3n) is 10.8. The zero-order valence-electron chi connectivity index (χ0n) is 33.0. The van der Waals surface area contributed by atoms with Crippen LogP contribution in [0.4, 0.5) is 11.4 Å². The summed E-state index contributed by atoms with van der Waals surface area (Å²) in [5, 5.41) is 21.1. The first-order valence-electron chi connectivity index (χ1n) is 18.7. The third kappa shape index (κ3) is 7.29. The fourth-order valence-electron chi connectivity index (χ4n) is 7.78. The van der Waals surface area contributed by atoms with Crippen molar-refractivity contribution in [3.63, 3.8) is 0 Å². The van der Waals surface area contributed by atoms with Crippen molar-refractivity contribution in [2.24, 2.45) is 0 Å². The number of nitrogens with zero attached hydrogens (tertiary/aromatic N) is 4. The summed E-state index contributed by atoms with van der Waals surface area (Å²) in [6.07, 6.45) is 2.99. The van der Waals surface area contributed by atoms with Gasteiger partial charge in [-0.05, 0) is 91.9 Å². The second-order valence-electron chi connectivity index (χ2n) is 14.3. The lowest BCUT2D eigenvalue weighted by Crippen LogP contribution is -2.54. The van der Waals surface area contributed by atoms with E-state index in [9.17, 15) is 29.3 Å². The van der Waals surface area contributed by atoms with E-state index in [1.165, 1.54) is 24.3 Å². The maximum atomic E-state index is 14.5. The number of nitro groups is 1. The van der Waals surface area contributed by atoms with Gasteiger partial charge in [-0.25, -0.2) is 4.90 Å². The Bertz CT molecular complexity index is 2970. The van der Waals surface area contributed by atoms with E-state index < -0.39 is 34.2 Å². The lowest BCUT2D eigenvalue weighted by Gasteiger charge is -2.29. The Morgan fingerprint density at radius 2 is 1.18 bits per heavy atom. The number of benzene rings is 4. The molecule has 15 nitrogen and oxygen atoms in total. The molecule has 4 heterocycles. The number of carbonyl (C=O) groups excluding carboxylic acids is 4. The van der Waals surface area contributed by atoms with E-state index in [1.54, 1.807) is 26.4 Å². The molecule has 2 aliphatic rings. The molecular weight excluding hydrogens is 819 g/mol. The van der Waals surface area contributed by atoms with Crippen LogP contribution in [0, 0.1) is 24.0 Å². The second kappa shape index (κ2) is 15.9. The third-order valence-corrected chi connectivity index (χ3v) is 11.2. The molecule has 0 spiro atoms. The number of aromatic nitrogens is 2. The normalized spacial score (nSPS) is 15.0. The Balaban J connectivity index is 1.19. The number of hydrogen-bond donors (Lipinski definition) is 3. The number of nitrogens with one attached hydrogen (secondary N) is 3. The highest BCUT2D eigenvalue weighted by atomic mass is 32.1. The molecule has 2 fully saturated rings. The van der Waals surface area contributed by atoms with E-state index in [2.05, 4.69) is 20.5 Å². The van der Waals surface area contributed by atoms with Crippen LogP contribution in [0.2, 0.25) is 0 Å². The van der Waals surface area contributed by atoms with Gasteiger partial charge in [0.15, 0.2) is 10.2 Å². The topological polar surface area (TPSA) is 179 Å². The summed E-state index contributed by atoms with van der Waals surface area (Å²) in [7, 11) is 3.15. The number of carbonyl (C=O) groups is 4. The van der Waals surface area contributed by atoms with Crippen LogP contribution in [0.1, 0.15) is 33.6 Å². The lowest BCUT2D eigenvalue weighted by molar-refractivity contribution is -0.384. The molecule has 0 unspecified atom stereocenters. The van der Waals surface area contributed by atoms with Crippen molar-refractivity contribution >= 4 is 104 Å². The van der Waals surface area contributed by atoms with Crippen LogP contribution in [0.5, 0.6) is 11.5 Å². The van der Waals surface area contributed by atoms with Crippen LogP contribution in [-0.2, 0) is 32.3 Å². The minimum absolute atomic E-state index is 0.0843. The number of para-hydroxylation sites is 2. The zero-order valence-corrected chi connectivity index (χ0v) is 34.7. The summed E-state index contributed by atoms with van der Waals surface area (Å²) in [4.78, 5) is 66.5. The zero-order chi connectivity index (χ0) is 43.3. The molecule has 0 saturated carbocycles. The van der Waals surface area contributed by atoms with Crippen molar-refractivity contribution in [3.8, 4) is 11.5 Å². The number of ether oxygens (including phenoxy) is 2. The van der Waals surface area contributed by atoms with Gasteiger partial charge in [-0.15, -0.1) is 0 Å². The first kappa shape index (κ1) is 40.3. The number of anilines is 1. The van der Waals surface area contributed by atoms with Gasteiger partial charge in [0, 0.05) is 69.5 Å². The van der Waals surface area contributed by atoms with Crippen molar-refractivity contribution < 1.29 is 33.6 Å². The average Bonchev–Trinajstić information content (AvgIpc) is 3.64. The van der Waals surface area contributed by atoms with E-state index in [1.807, 2.05) is 79.1 Å². The number of hydrogen-bond acceptors (Lipinski definition) is 10. The smallest absolute Gasteiger partial charge is 0.293 e. The molecule has 0 radical (unpaired) electrons. The van der Waals surface area contributed by atoms with Gasteiger partial charge in [0.1, 0.15) is 28.3 Å². The van der Waals surface area contributed by atoms with E-state index in [4.69, 9.17) is 33.9 Å². The highest BCUT2D eigenvalue weighted by Crippen LogP contribution is 2.36. The Morgan fingerprint density at radius 3 is 1.72 bits per heavy atom. The van der Waals surface area contributed by atoms with E-state index in [-0.39, 0.29) is 33.6 Å². The fourth-order valence-corrected chi connectivity index (χ4v) is 8.24. The first-order chi connectivity index (χ1) is 29.3. The molecule has 6 aromatic rings. The Labute approximate surface area is 358 Å². The minimum atomic E-state index is -0.845. The number of methoxy groups -OCH3 is 2. The van der Waals surface area contributed by atoms with Crippen LogP contribution in [0.3, 0.4) is 0 Å². The molecule has 0 atom stereocenters. The summed E-state index contributed by atoms with van der Waals surface area (Å²) in [6, 6.07) is 24.9. The van der Waals surface area contributed by atoms with Crippen LogP contribution in [0.25, 0.3) is 34.0 Å². The molecule has 306 valence electrons. The molecule has 0 aliphatic carbocycles. The van der Waals surface area contributed by atoms with Crippen molar-refractivity contribution in [1.82, 2.24) is 25.1 Å². The standard InChI is InChI=1S/C44H35N7O8S2/c1-23-31(19-33-39(52)45-43(60)46-40(33)53)29-9-5-7-11-35(29)48(23)21-25-13-14-37(51(56)57)38(17-25)50-42(55)34(41(54)47-44(50)61)20-32-24(2)49(36-12-8-6-10-30(32)36)22-26-15-27(58-3)18-28(16-26)59-4/h5-20H,21-22H2,1-4H3,(H,47,54,61)(H2,45,46,52,53,60)/b34-20+. The summed E-state index contributed by atoms with van der Waals surface area (Å²) in [5.41, 5.74) is 4.72. The van der Waals surface area contributed by atoms with Crippen molar-refractivity contribution in [3.05, 3.63) is 140 Å². The van der Waals surface area contributed by atoms with Gasteiger partial charge in [-0.2, -0.15) is 0 Å². The Hall–Kier alpha value is -7.50. The van der Waals surface area contributed by atoms with Crippen LogP contribution in [0.15, 0.2) is 96.1 Å². The molecule has 61 heavy (non-hydrogen) atoms. The molecule has 4 aromatic carbocycles. The summed E-state index contributed by atoms with van der Waals surface area (Å²) < 4.78 is 15.0. The first-order valence-corrected chi connectivity index (χ1v) is 19.5. The van der Waals surface area contributed by atoms with Crippen LogP contribution >= 0.6 is 24.4 Å². The molecule has 17 heteroatoms. The number of amides is 4. The van der Waals surface area contributed by atoms with Crippen molar-refractivity contribution in [1.29, 1.82) is 0 Å². The number of thiocarbonyl (C=S) groups is 2. The maximum absolute atomic E-state index is 14.5. The second-order valence-corrected chi connectivity index (χ2v) is 15.1. The van der Waals surface area contributed by atoms with Gasteiger partial charge in [-0.1, -0.05) is 42.5 Å². The Morgan fingerprint density at radius 1 is 0.672 bits per heavy atom. The van der Waals surface area contributed by atoms with Crippen molar-refractivity contribution in [2.45, 2.75) is 26.9 Å². The predicted molar refractivity (Wildman–Crippen MR) is 237 cm³/mol. The van der Waals surface area contributed by atoms with E-state index in [0.29, 0.717) is 40.4 Å². The Kier molecular flexibility index (Phi) is 10.5. The van der Waals surface area contributed by atoms with Gasteiger partial charge >= 0.3 is 0 Å². The number of fused-ring (bicyclic) bond motifs is 2. The van der Waals surface area contributed by atoms with Gasteiger partial charge < -0.3 is 18.6 Å². The number of rotatable bonds is 10. The molecule has 2 saturated heterocycles. The van der Waals surface area contributed by atoms with Crippen LogP contribution in [-0.4, -0.2) is 62.1 Å². The van der Waals surface area contributed by atoms with Gasteiger partial charge in [0.2, 0.25) is 0 Å². The van der Waals surface area contributed by atoms with E-state index >= 15 is 0 Å². The van der Waals surface area contributed by atoms with Gasteiger partial charge in [0.25, 0.3) is 29.3 Å². The molecule has 4 amide bonds. The fraction of sp³-hybridized carbons (Fsp3) is 0.136. The minimum Gasteiger partial charge on any atom is -0.497 e. The van der Waals surface area contributed by atoms with Crippen LogP contribution < -0.4 is 30.3 Å². The quantitative estimate of drug-likeness (QED) is 0.0488. The highest BCUT2D eigenvalue weighted by molar-refractivity contribution is 7.80. The summed E-state index contributed by atoms with van der Waals surface area (Å²) >= 11 is 10.5. The SMILES string of the molecule is COc1cc(Cn2c(C)c(/C=C3\C(=O)NC(=S)N(c4cc(Cn5c(C)c(C=C6C(=O)NC(=S)NC6=O)c6ccccc65)ccc4[N+](=O)[O-])C3=O)c3ccccc32)cc(OC)c1. The van der Waals surface area contributed by atoms with Gasteiger partial charge in [0.05, 0.1) is 19.1 Å². The molecule has 0 bridgehead atoms. The largest absolute Gasteiger partial charge is 0.497 e. The van der Waals surface area contributed by atoms with Gasteiger partial charge in [-0.3, -0.25) is 45.2 Å². The predicted octanol–water partition coefficient (Wildman–Crippen LogP) is 5.98. The average molecular weight is 854 g/mol. The maximum Gasteiger partial charge on any atom is 0.293 e. The molecule has 3 N–H and O–H groups in total. The van der Waals surface area contributed by atoms with Crippen molar-refractivity contribution in [2.75, 3.05) is 19.1 Å². The molecule has 2 aliphatic heterocycles. The molecule has 2 aromatic heterocycles. The summed E-state index contributed by atoms with van der Waals surface area (Å²) in [6.45, 7) is 4.27. The summed E-state index contributed by atoms with van der Waals surface area (Å²) in [5.74, 6) is -1.63. The monoisotopic (exact) mass is 853 g/mol. The lowest BCUT2D eigenvalue weighted by atomic mass is 10.0. The highest BCUT2D eigenvalue weighted by Gasteiger charge is 2.38.